The van der Waals surface area contributed by atoms with Crippen LogP contribution in [0.2, 0.25) is 4.47 Å². The lowest BCUT2D eigenvalue weighted by molar-refractivity contribution is 0.790. The number of nitrogens with zero attached hydrogens (tertiary/aromatic N) is 4. The fourth-order valence-corrected chi connectivity index (χ4v) is 1.69. The molecule has 4 nitrogen and oxygen atoms in total. The summed E-state index contributed by atoms with van der Waals surface area (Å²) in [5, 5.41) is 4.23. The van der Waals surface area contributed by atoms with Gasteiger partial charge < -0.3 is 0 Å². The molecule has 0 amide bonds. The summed E-state index contributed by atoms with van der Waals surface area (Å²) >= 11 is 6.83. The summed E-state index contributed by atoms with van der Waals surface area (Å²) in [5.41, 5.74) is 1.95. The standard InChI is InChI=1S/C7H7ClN4S/c1-4-3-5(2)12(10-4)7-9-6(8)13-11-7/h3H,1-2H3. The van der Waals surface area contributed by atoms with E-state index in [-0.39, 0.29) is 0 Å². The highest BCUT2D eigenvalue weighted by Gasteiger charge is 2.08. The van der Waals surface area contributed by atoms with E-state index in [2.05, 4.69) is 14.5 Å². The Morgan fingerprint density at radius 2 is 2.23 bits per heavy atom. The van der Waals surface area contributed by atoms with Gasteiger partial charge in [-0.15, -0.1) is 0 Å². The van der Waals surface area contributed by atoms with Gasteiger partial charge in [-0.2, -0.15) is 14.5 Å². The van der Waals surface area contributed by atoms with Crippen LogP contribution in [0.3, 0.4) is 0 Å². The second-order valence-corrected chi connectivity index (χ2v) is 4.02. The molecule has 6 heteroatoms. The van der Waals surface area contributed by atoms with Crippen molar-refractivity contribution in [3.8, 4) is 5.95 Å². The fraction of sp³-hybridized carbons (Fsp3) is 0.286. The molecule has 0 bridgehead atoms. The summed E-state index contributed by atoms with van der Waals surface area (Å²) in [5.74, 6) is 0.542. The molecule has 0 fully saturated rings. The van der Waals surface area contributed by atoms with Gasteiger partial charge in [0, 0.05) is 17.2 Å². The minimum atomic E-state index is 0.433. The maximum absolute atomic E-state index is 5.67. The molecule has 13 heavy (non-hydrogen) atoms. The van der Waals surface area contributed by atoms with Gasteiger partial charge in [0.2, 0.25) is 4.47 Å². The topological polar surface area (TPSA) is 43.6 Å². The average Bonchev–Trinajstić information content (AvgIpc) is 2.58. The van der Waals surface area contributed by atoms with Gasteiger partial charge >= 0.3 is 0 Å². The maximum Gasteiger partial charge on any atom is 0.263 e. The van der Waals surface area contributed by atoms with E-state index < -0.39 is 0 Å². The van der Waals surface area contributed by atoms with E-state index in [1.165, 1.54) is 0 Å². The van der Waals surface area contributed by atoms with Crippen molar-refractivity contribution in [2.45, 2.75) is 13.8 Å². The van der Waals surface area contributed by atoms with Crippen LogP contribution < -0.4 is 0 Å². The molecule has 0 aliphatic carbocycles. The molecule has 0 saturated heterocycles. The Kier molecular flexibility index (Phi) is 2.05. The van der Waals surface area contributed by atoms with E-state index in [1.54, 1.807) is 4.68 Å². The highest BCUT2D eigenvalue weighted by Crippen LogP contribution is 2.15. The molecule has 0 aliphatic heterocycles. The molecule has 0 radical (unpaired) electrons. The normalized spacial score (nSPS) is 10.7. The van der Waals surface area contributed by atoms with E-state index in [9.17, 15) is 0 Å². The van der Waals surface area contributed by atoms with Crippen LogP contribution in [0.15, 0.2) is 6.07 Å². The first kappa shape index (κ1) is 8.65. The summed E-state index contributed by atoms with van der Waals surface area (Å²) in [6, 6.07) is 1.97. The van der Waals surface area contributed by atoms with Crippen LogP contribution in [-0.4, -0.2) is 19.1 Å². The highest BCUT2D eigenvalue weighted by molar-refractivity contribution is 7.10. The predicted molar refractivity (Wildman–Crippen MR) is 51.5 cm³/mol. The Morgan fingerprint density at radius 3 is 2.69 bits per heavy atom. The Hall–Kier alpha value is -0.940. The van der Waals surface area contributed by atoms with Crippen LogP contribution in [0.1, 0.15) is 11.4 Å². The van der Waals surface area contributed by atoms with E-state index in [0.29, 0.717) is 10.4 Å². The summed E-state index contributed by atoms with van der Waals surface area (Å²) in [7, 11) is 0. The third kappa shape index (κ3) is 1.57. The Morgan fingerprint density at radius 1 is 1.46 bits per heavy atom. The second kappa shape index (κ2) is 3.08. The lowest BCUT2D eigenvalue weighted by Crippen LogP contribution is -2.00. The SMILES string of the molecule is Cc1cc(C)n(-c2nsc(Cl)n2)n1. The average molecular weight is 215 g/mol. The van der Waals surface area contributed by atoms with Gasteiger partial charge in [-0.05, 0) is 31.5 Å². The molecule has 2 aromatic heterocycles. The quantitative estimate of drug-likeness (QED) is 0.729. The summed E-state index contributed by atoms with van der Waals surface area (Å²) < 4.78 is 6.17. The van der Waals surface area contributed by atoms with Gasteiger partial charge in [0.05, 0.1) is 5.69 Å². The number of rotatable bonds is 1. The molecule has 0 atom stereocenters. The third-order valence-corrected chi connectivity index (χ3v) is 2.38. The highest BCUT2D eigenvalue weighted by atomic mass is 35.5. The van der Waals surface area contributed by atoms with Gasteiger partial charge in [0.1, 0.15) is 0 Å². The largest absolute Gasteiger partial charge is 0.263 e. The van der Waals surface area contributed by atoms with Crippen LogP contribution in [-0.2, 0) is 0 Å². The molecule has 0 saturated carbocycles. The zero-order valence-electron chi connectivity index (χ0n) is 7.15. The zero-order chi connectivity index (χ0) is 9.42. The zero-order valence-corrected chi connectivity index (χ0v) is 8.72. The third-order valence-electron chi connectivity index (χ3n) is 1.59. The molecule has 0 N–H and O–H groups in total. The summed E-state index contributed by atoms with van der Waals surface area (Å²) in [6.45, 7) is 3.88. The molecule has 2 aromatic rings. The maximum atomic E-state index is 5.67. The van der Waals surface area contributed by atoms with Crippen molar-refractivity contribution in [2.75, 3.05) is 0 Å². The molecule has 2 rings (SSSR count). The van der Waals surface area contributed by atoms with Crippen molar-refractivity contribution < 1.29 is 0 Å². The first-order chi connectivity index (χ1) is 6.16. The lowest BCUT2D eigenvalue weighted by atomic mass is 10.4. The van der Waals surface area contributed by atoms with Crippen LogP contribution in [0.4, 0.5) is 0 Å². The van der Waals surface area contributed by atoms with Gasteiger partial charge in [0.15, 0.2) is 0 Å². The lowest BCUT2D eigenvalue weighted by Gasteiger charge is -1.94. The van der Waals surface area contributed by atoms with E-state index in [0.717, 1.165) is 22.9 Å². The first-order valence-electron chi connectivity index (χ1n) is 3.69. The smallest absolute Gasteiger partial charge is 0.202 e. The molecular weight excluding hydrogens is 208 g/mol. The first-order valence-corrected chi connectivity index (χ1v) is 4.85. The van der Waals surface area contributed by atoms with Crippen LogP contribution >= 0.6 is 23.1 Å². The van der Waals surface area contributed by atoms with Crippen molar-refractivity contribution in [3.63, 3.8) is 0 Å². The van der Waals surface area contributed by atoms with Crippen molar-refractivity contribution in [1.82, 2.24) is 19.1 Å². The molecule has 2 heterocycles. The van der Waals surface area contributed by atoms with Crippen LogP contribution in [0, 0.1) is 13.8 Å². The minimum Gasteiger partial charge on any atom is -0.202 e. The number of halogens is 1. The predicted octanol–water partition coefficient (Wildman–Crippen LogP) is 1.99. The van der Waals surface area contributed by atoms with Crippen LogP contribution in [0.25, 0.3) is 5.95 Å². The van der Waals surface area contributed by atoms with Crippen LogP contribution in [0.5, 0.6) is 0 Å². The molecule has 0 unspecified atom stereocenters. The monoisotopic (exact) mass is 214 g/mol. The van der Waals surface area contributed by atoms with Gasteiger partial charge in [-0.25, -0.2) is 4.68 Å². The molecule has 0 aliphatic rings. The molecular formula is C7H7ClN4S. The Bertz CT molecular complexity index is 433. The van der Waals surface area contributed by atoms with Crippen molar-refractivity contribution in [3.05, 3.63) is 21.9 Å². The number of aryl methyl sites for hydroxylation is 2. The second-order valence-electron chi connectivity index (χ2n) is 2.69. The fourth-order valence-electron chi connectivity index (χ4n) is 1.12. The Balaban J connectivity index is 2.51. The molecule has 0 aromatic carbocycles. The van der Waals surface area contributed by atoms with Crippen molar-refractivity contribution in [2.24, 2.45) is 0 Å². The molecule has 0 spiro atoms. The number of hydrogen-bond acceptors (Lipinski definition) is 4. The summed E-state index contributed by atoms with van der Waals surface area (Å²) in [6.07, 6.45) is 0. The summed E-state index contributed by atoms with van der Waals surface area (Å²) in [4.78, 5) is 4.03. The van der Waals surface area contributed by atoms with E-state index in [1.807, 2.05) is 19.9 Å². The number of aromatic nitrogens is 4. The van der Waals surface area contributed by atoms with Gasteiger partial charge in [-0.3, -0.25) is 0 Å². The Labute approximate surface area is 84.3 Å². The minimum absolute atomic E-state index is 0.433. The van der Waals surface area contributed by atoms with E-state index >= 15 is 0 Å². The van der Waals surface area contributed by atoms with Crippen molar-refractivity contribution >= 4 is 23.1 Å². The number of hydrogen-bond donors (Lipinski definition) is 0. The molecule has 68 valence electrons. The van der Waals surface area contributed by atoms with Gasteiger partial charge in [-0.1, -0.05) is 0 Å². The van der Waals surface area contributed by atoms with Gasteiger partial charge in [0.25, 0.3) is 5.95 Å². The van der Waals surface area contributed by atoms with Crippen molar-refractivity contribution in [1.29, 1.82) is 0 Å². The van der Waals surface area contributed by atoms with E-state index in [4.69, 9.17) is 11.6 Å².